The number of allylic oxidation sites excluding steroid dienone is 3. The van der Waals surface area contributed by atoms with E-state index in [1.54, 1.807) is 6.08 Å². The summed E-state index contributed by atoms with van der Waals surface area (Å²) < 4.78 is 0. The maximum atomic E-state index is 10.2. The van der Waals surface area contributed by atoms with Crippen LogP contribution in [0.25, 0.3) is 0 Å². The summed E-state index contributed by atoms with van der Waals surface area (Å²) in [6.07, 6.45) is 4.33. The third-order valence-corrected chi connectivity index (χ3v) is 2.43. The van der Waals surface area contributed by atoms with Crippen LogP contribution in [0.15, 0.2) is 28.7 Å². The van der Waals surface area contributed by atoms with Gasteiger partial charge in [-0.15, -0.1) is 4.91 Å². The Labute approximate surface area is 78.7 Å². The van der Waals surface area contributed by atoms with E-state index in [1.165, 1.54) is 0 Å². The van der Waals surface area contributed by atoms with Crippen molar-refractivity contribution >= 4 is 0 Å². The van der Waals surface area contributed by atoms with Crippen LogP contribution in [-0.2, 0) is 0 Å². The second-order valence-electron chi connectivity index (χ2n) is 4.52. The van der Waals surface area contributed by atoms with Gasteiger partial charge in [-0.1, -0.05) is 26.8 Å². The largest absolute Gasteiger partial charge is 0.402 e. The first-order chi connectivity index (χ1) is 5.95. The Hall–Kier alpha value is -1.12. The van der Waals surface area contributed by atoms with Gasteiger partial charge in [-0.3, -0.25) is 0 Å². The van der Waals surface area contributed by atoms with E-state index in [1.807, 2.05) is 6.08 Å². The van der Waals surface area contributed by atoms with Gasteiger partial charge in [0.2, 0.25) is 0 Å². The van der Waals surface area contributed by atoms with Gasteiger partial charge in [0.05, 0.1) is 0 Å². The van der Waals surface area contributed by atoms with Crippen LogP contribution < -0.4 is 5.73 Å². The van der Waals surface area contributed by atoms with Gasteiger partial charge < -0.3 is 5.73 Å². The molecule has 2 N–H and O–H groups in total. The van der Waals surface area contributed by atoms with E-state index in [9.17, 15) is 4.91 Å². The van der Waals surface area contributed by atoms with Gasteiger partial charge >= 0.3 is 0 Å². The summed E-state index contributed by atoms with van der Waals surface area (Å²) in [5, 5.41) is 2.87. The molecule has 0 aromatic carbocycles. The first kappa shape index (κ1) is 9.96. The molecule has 0 heterocycles. The molecule has 0 bridgehead atoms. The number of nitrogens with two attached hydrogens (primary N) is 1. The van der Waals surface area contributed by atoms with Crippen LogP contribution in [0, 0.1) is 16.2 Å². The highest BCUT2D eigenvalue weighted by molar-refractivity contribution is 5.28. The molecule has 3 heteroatoms. The summed E-state index contributed by atoms with van der Waals surface area (Å²) in [6, 6.07) is 0. The summed E-state index contributed by atoms with van der Waals surface area (Å²) in [4.78, 5) is 10.2. The molecule has 0 radical (unpaired) electrons. The highest BCUT2D eigenvalue weighted by Gasteiger charge is 2.28. The first-order valence-electron chi connectivity index (χ1n) is 4.45. The van der Waals surface area contributed by atoms with Gasteiger partial charge in [-0.05, 0) is 23.1 Å². The molecule has 0 saturated heterocycles. The van der Waals surface area contributed by atoms with Crippen LogP contribution >= 0.6 is 0 Å². The second-order valence-corrected chi connectivity index (χ2v) is 4.52. The molecule has 0 saturated carbocycles. The zero-order chi connectivity index (χ0) is 10.1. The van der Waals surface area contributed by atoms with E-state index in [4.69, 9.17) is 5.73 Å². The Morgan fingerprint density at radius 1 is 1.54 bits per heavy atom. The van der Waals surface area contributed by atoms with Crippen molar-refractivity contribution in [1.29, 1.82) is 0 Å². The van der Waals surface area contributed by atoms with Crippen molar-refractivity contribution in [2.45, 2.75) is 27.2 Å². The SMILES string of the molecule is CC(C)(C)C1CC=C(N=O)C=C1N. The fraction of sp³-hybridized carbons (Fsp3) is 0.600. The molecule has 0 spiro atoms. The molecule has 1 rings (SSSR count). The molecule has 72 valence electrons. The number of hydrogen-bond donors (Lipinski definition) is 1. The third-order valence-electron chi connectivity index (χ3n) is 2.43. The average Bonchev–Trinajstić information content (AvgIpc) is 2.01. The number of nitrogens with zero attached hydrogens (tertiary/aromatic N) is 1. The van der Waals surface area contributed by atoms with Crippen LogP contribution in [0.1, 0.15) is 27.2 Å². The molecule has 0 fully saturated rings. The lowest BCUT2D eigenvalue weighted by Gasteiger charge is -2.32. The standard InChI is InChI=1S/C10H16N2O/c1-10(2,3)8-5-4-7(12-13)6-9(8)11/h4,6,8H,5,11H2,1-3H3. The molecule has 0 aliphatic heterocycles. The Balaban J connectivity index is 2.85. The number of rotatable bonds is 1. The van der Waals surface area contributed by atoms with Gasteiger partial charge in [0, 0.05) is 11.6 Å². The van der Waals surface area contributed by atoms with E-state index in [0.29, 0.717) is 11.6 Å². The summed E-state index contributed by atoms with van der Waals surface area (Å²) in [5.74, 6) is 0.318. The maximum absolute atomic E-state index is 10.2. The molecule has 3 nitrogen and oxygen atoms in total. The Bertz CT molecular complexity index is 271. The Kier molecular flexibility index (Phi) is 2.55. The highest BCUT2D eigenvalue weighted by atomic mass is 16.3. The van der Waals surface area contributed by atoms with Crippen LogP contribution in [0.4, 0.5) is 0 Å². The van der Waals surface area contributed by atoms with Gasteiger partial charge in [0.15, 0.2) is 0 Å². The van der Waals surface area contributed by atoms with Crippen LogP contribution in [0.3, 0.4) is 0 Å². The second kappa shape index (κ2) is 3.32. The van der Waals surface area contributed by atoms with Crippen molar-refractivity contribution in [3.63, 3.8) is 0 Å². The minimum absolute atomic E-state index is 0.144. The van der Waals surface area contributed by atoms with Crippen LogP contribution in [0.5, 0.6) is 0 Å². The molecule has 13 heavy (non-hydrogen) atoms. The Morgan fingerprint density at radius 2 is 2.15 bits per heavy atom. The first-order valence-corrected chi connectivity index (χ1v) is 4.45. The molecule has 1 atom stereocenters. The molecular weight excluding hydrogens is 164 g/mol. The molecule has 0 aromatic rings. The lowest BCUT2D eigenvalue weighted by atomic mass is 9.75. The smallest absolute Gasteiger partial charge is 0.105 e. The average molecular weight is 180 g/mol. The van der Waals surface area contributed by atoms with E-state index < -0.39 is 0 Å². The highest BCUT2D eigenvalue weighted by Crippen LogP contribution is 2.35. The monoisotopic (exact) mass is 180 g/mol. The number of hydrogen-bond acceptors (Lipinski definition) is 3. The summed E-state index contributed by atoms with van der Waals surface area (Å²) in [6.45, 7) is 6.43. The van der Waals surface area contributed by atoms with Gasteiger partial charge in [-0.25, -0.2) is 0 Å². The summed E-state index contributed by atoms with van der Waals surface area (Å²) in [7, 11) is 0. The van der Waals surface area contributed by atoms with Gasteiger partial charge in [0.1, 0.15) is 5.70 Å². The third kappa shape index (κ3) is 2.17. The fourth-order valence-corrected chi connectivity index (χ4v) is 1.62. The fourth-order valence-electron chi connectivity index (χ4n) is 1.62. The van der Waals surface area contributed by atoms with E-state index >= 15 is 0 Å². The van der Waals surface area contributed by atoms with Gasteiger partial charge in [0.25, 0.3) is 0 Å². The zero-order valence-corrected chi connectivity index (χ0v) is 8.37. The molecule has 1 aliphatic rings. The minimum atomic E-state index is 0.144. The molecule has 0 amide bonds. The summed E-state index contributed by atoms with van der Waals surface area (Å²) >= 11 is 0. The topological polar surface area (TPSA) is 55.5 Å². The zero-order valence-electron chi connectivity index (χ0n) is 8.37. The van der Waals surface area contributed by atoms with Crippen LogP contribution in [-0.4, -0.2) is 0 Å². The van der Waals surface area contributed by atoms with Crippen LogP contribution in [0.2, 0.25) is 0 Å². The summed E-state index contributed by atoms with van der Waals surface area (Å²) in [5.41, 5.74) is 7.22. The lowest BCUT2D eigenvalue weighted by molar-refractivity contribution is 0.276. The quantitative estimate of drug-likeness (QED) is 0.630. The lowest BCUT2D eigenvalue weighted by Crippen LogP contribution is -2.27. The molecular formula is C10H16N2O. The Morgan fingerprint density at radius 3 is 2.54 bits per heavy atom. The predicted octanol–water partition coefficient (Wildman–Crippen LogP) is 2.55. The molecule has 0 aromatic heterocycles. The van der Waals surface area contributed by atoms with E-state index in [-0.39, 0.29) is 5.41 Å². The molecule has 1 aliphatic carbocycles. The van der Waals surface area contributed by atoms with Crippen molar-refractivity contribution in [2.24, 2.45) is 22.2 Å². The predicted molar refractivity (Wildman–Crippen MR) is 53.7 cm³/mol. The van der Waals surface area contributed by atoms with E-state index in [0.717, 1.165) is 12.1 Å². The van der Waals surface area contributed by atoms with Crippen molar-refractivity contribution in [3.8, 4) is 0 Å². The number of nitroso groups, excluding NO2 is 1. The van der Waals surface area contributed by atoms with Crippen molar-refractivity contribution < 1.29 is 0 Å². The normalized spacial score (nSPS) is 23.5. The van der Waals surface area contributed by atoms with Crippen molar-refractivity contribution in [2.75, 3.05) is 0 Å². The van der Waals surface area contributed by atoms with E-state index in [2.05, 4.69) is 25.9 Å². The van der Waals surface area contributed by atoms with Gasteiger partial charge in [-0.2, -0.15) is 0 Å². The van der Waals surface area contributed by atoms with Crippen molar-refractivity contribution in [3.05, 3.63) is 28.5 Å². The molecule has 1 unspecified atom stereocenters. The maximum Gasteiger partial charge on any atom is 0.105 e. The minimum Gasteiger partial charge on any atom is -0.402 e. The van der Waals surface area contributed by atoms with Crippen molar-refractivity contribution in [1.82, 2.24) is 0 Å².